The molecule has 1 atom stereocenters. The van der Waals surface area contributed by atoms with E-state index in [1.807, 2.05) is 43.3 Å². The monoisotopic (exact) mass is 320 g/mol. The largest absolute Gasteiger partial charge is 0.339 e. The van der Waals surface area contributed by atoms with Gasteiger partial charge in [-0.05, 0) is 30.7 Å². The predicted octanol–water partition coefficient (Wildman–Crippen LogP) is 2.96. The summed E-state index contributed by atoms with van der Waals surface area (Å²) in [6.45, 7) is 2.56. The van der Waals surface area contributed by atoms with Gasteiger partial charge in [0.25, 0.3) is 0 Å². The Balaban J connectivity index is 1.58. The van der Waals surface area contributed by atoms with Crippen LogP contribution in [0.2, 0.25) is 0 Å². The fraction of sp³-hybridized carbons (Fsp3) is 0.222. The Labute approximate surface area is 139 Å². The number of carbonyl (C=O) groups is 1. The molecular weight excluding hydrogens is 304 g/mol. The number of anilines is 1. The van der Waals surface area contributed by atoms with Gasteiger partial charge >= 0.3 is 0 Å². The maximum atomic E-state index is 12.4. The summed E-state index contributed by atoms with van der Waals surface area (Å²) < 4.78 is 5.40. The van der Waals surface area contributed by atoms with Crippen molar-refractivity contribution in [2.24, 2.45) is 0 Å². The van der Waals surface area contributed by atoms with Gasteiger partial charge in [-0.3, -0.25) is 9.78 Å². The van der Waals surface area contributed by atoms with Crippen LogP contribution >= 0.6 is 0 Å². The van der Waals surface area contributed by atoms with E-state index in [4.69, 9.17) is 4.52 Å². The van der Waals surface area contributed by atoms with E-state index in [1.165, 1.54) is 0 Å². The third-order valence-electron chi connectivity index (χ3n) is 4.24. The van der Waals surface area contributed by atoms with E-state index >= 15 is 0 Å². The number of carbonyl (C=O) groups excluding carboxylic acids is 1. The Morgan fingerprint density at radius 3 is 2.88 bits per heavy atom. The highest BCUT2D eigenvalue weighted by Gasteiger charge is 2.35. The Kier molecular flexibility index (Phi) is 3.57. The van der Waals surface area contributed by atoms with Gasteiger partial charge in [-0.15, -0.1) is 0 Å². The van der Waals surface area contributed by atoms with Crippen LogP contribution in [0.25, 0.3) is 11.4 Å². The molecule has 1 unspecified atom stereocenters. The van der Waals surface area contributed by atoms with E-state index in [9.17, 15) is 4.79 Å². The number of aromatic nitrogens is 3. The zero-order valence-corrected chi connectivity index (χ0v) is 13.2. The van der Waals surface area contributed by atoms with Gasteiger partial charge in [-0.25, -0.2) is 0 Å². The average molecular weight is 320 g/mol. The zero-order valence-electron chi connectivity index (χ0n) is 13.2. The Morgan fingerprint density at radius 2 is 2.08 bits per heavy atom. The Bertz CT molecular complexity index is 875. The molecule has 120 valence electrons. The van der Waals surface area contributed by atoms with Crippen LogP contribution in [0, 0.1) is 6.92 Å². The van der Waals surface area contributed by atoms with Gasteiger partial charge in [0, 0.05) is 36.6 Å². The fourth-order valence-electron chi connectivity index (χ4n) is 2.99. The highest BCUT2D eigenvalue weighted by molar-refractivity contribution is 5.97. The summed E-state index contributed by atoms with van der Waals surface area (Å²) in [5, 5.41) is 4.02. The van der Waals surface area contributed by atoms with Crippen LogP contribution in [-0.4, -0.2) is 27.6 Å². The molecule has 3 aromatic rings. The first-order valence-corrected chi connectivity index (χ1v) is 7.82. The van der Waals surface area contributed by atoms with Crippen LogP contribution in [-0.2, 0) is 4.79 Å². The predicted molar refractivity (Wildman–Crippen MR) is 88.4 cm³/mol. The molecular formula is C18H16N4O2. The molecule has 0 bridgehead atoms. The molecule has 1 aliphatic rings. The smallest absolute Gasteiger partial charge is 0.232 e. The summed E-state index contributed by atoms with van der Waals surface area (Å²) in [7, 11) is 0. The number of hydrogen-bond donors (Lipinski definition) is 0. The summed E-state index contributed by atoms with van der Waals surface area (Å²) in [4.78, 5) is 22.7. The Morgan fingerprint density at radius 1 is 1.21 bits per heavy atom. The van der Waals surface area contributed by atoms with Gasteiger partial charge in [0.1, 0.15) is 0 Å². The van der Waals surface area contributed by atoms with E-state index in [2.05, 4.69) is 15.1 Å². The van der Waals surface area contributed by atoms with Crippen LogP contribution in [0.15, 0.2) is 53.3 Å². The number of amides is 1. The van der Waals surface area contributed by atoms with Gasteiger partial charge < -0.3 is 9.42 Å². The summed E-state index contributed by atoms with van der Waals surface area (Å²) in [5.41, 5.74) is 2.82. The third-order valence-corrected chi connectivity index (χ3v) is 4.24. The van der Waals surface area contributed by atoms with Crippen LogP contribution in [0.5, 0.6) is 0 Å². The van der Waals surface area contributed by atoms with Gasteiger partial charge in [0.15, 0.2) is 0 Å². The number of nitrogens with zero attached hydrogens (tertiary/aromatic N) is 4. The Hall–Kier alpha value is -3.02. The first-order valence-electron chi connectivity index (χ1n) is 7.82. The van der Waals surface area contributed by atoms with Crippen molar-refractivity contribution in [3.8, 4) is 11.4 Å². The molecule has 1 amide bonds. The van der Waals surface area contributed by atoms with Crippen molar-refractivity contribution in [3.63, 3.8) is 0 Å². The SMILES string of the molecule is Cc1ccccc1N1CC(c2nc(-c3cccnc3)no2)CC1=O. The number of para-hydroxylation sites is 1. The first-order chi connectivity index (χ1) is 11.7. The van der Waals surface area contributed by atoms with E-state index in [0.29, 0.717) is 24.7 Å². The van der Waals surface area contributed by atoms with Gasteiger partial charge in [-0.1, -0.05) is 23.4 Å². The molecule has 24 heavy (non-hydrogen) atoms. The molecule has 0 aliphatic carbocycles. The van der Waals surface area contributed by atoms with Crippen molar-refractivity contribution in [3.05, 3.63) is 60.2 Å². The van der Waals surface area contributed by atoms with Crippen LogP contribution < -0.4 is 4.90 Å². The van der Waals surface area contributed by atoms with E-state index < -0.39 is 0 Å². The second-order valence-corrected chi connectivity index (χ2v) is 5.89. The van der Waals surface area contributed by atoms with E-state index in [-0.39, 0.29) is 11.8 Å². The van der Waals surface area contributed by atoms with Gasteiger partial charge in [0.2, 0.25) is 17.6 Å². The first kappa shape index (κ1) is 14.6. The van der Waals surface area contributed by atoms with Crippen LogP contribution in [0.1, 0.15) is 23.8 Å². The van der Waals surface area contributed by atoms with E-state index in [0.717, 1.165) is 16.8 Å². The number of rotatable bonds is 3. The average Bonchev–Trinajstić information content (AvgIpc) is 3.23. The summed E-state index contributed by atoms with van der Waals surface area (Å²) in [6, 6.07) is 11.6. The third kappa shape index (κ3) is 2.56. The number of hydrogen-bond acceptors (Lipinski definition) is 5. The van der Waals surface area contributed by atoms with Crippen molar-refractivity contribution < 1.29 is 9.32 Å². The lowest BCUT2D eigenvalue weighted by atomic mass is 10.1. The molecule has 0 saturated carbocycles. The lowest BCUT2D eigenvalue weighted by Gasteiger charge is -2.18. The van der Waals surface area contributed by atoms with Gasteiger partial charge in [-0.2, -0.15) is 4.98 Å². The molecule has 1 aliphatic heterocycles. The normalized spacial score (nSPS) is 17.5. The zero-order chi connectivity index (χ0) is 16.5. The molecule has 1 fully saturated rings. The van der Waals surface area contributed by atoms with Crippen molar-refractivity contribution in [2.75, 3.05) is 11.4 Å². The molecule has 1 aromatic carbocycles. The summed E-state index contributed by atoms with van der Waals surface area (Å²) in [6.07, 6.45) is 3.76. The number of benzene rings is 1. The summed E-state index contributed by atoms with van der Waals surface area (Å²) in [5.74, 6) is 0.989. The molecule has 6 heteroatoms. The quantitative estimate of drug-likeness (QED) is 0.742. The fourth-order valence-corrected chi connectivity index (χ4v) is 2.99. The molecule has 0 N–H and O–H groups in total. The molecule has 0 radical (unpaired) electrons. The maximum absolute atomic E-state index is 12.4. The molecule has 4 rings (SSSR count). The lowest BCUT2D eigenvalue weighted by Crippen LogP contribution is -2.25. The minimum atomic E-state index is -0.0879. The lowest BCUT2D eigenvalue weighted by molar-refractivity contribution is -0.117. The van der Waals surface area contributed by atoms with Crippen molar-refractivity contribution in [1.82, 2.24) is 15.1 Å². The minimum absolute atomic E-state index is 0.0791. The van der Waals surface area contributed by atoms with E-state index in [1.54, 1.807) is 17.3 Å². The van der Waals surface area contributed by atoms with Crippen LogP contribution in [0.4, 0.5) is 5.69 Å². The van der Waals surface area contributed by atoms with Crippen molar-refractivity contribution >= 4 is 11.6 Å². The minimum Gasteiger partial charge on any atom is -0.339 e. The second kappa shape index (κ2) is 5.88. The highest BCUT2D eigenvalue weighted by Crippen LogP contribution is 2.33. The maximum Gasteiger partial charge on any atom is 0.232 e. The second-order valence-electron chi connectivity index (χ2n) is 5.89. The van der Waals surface area contributed by atoms with Crippen LogP contribution in [0.3, 0.4) is 0 Å². The standard InChI is InChI=1S/C18H16N4O2/c1-12-5-2-3-7-15(12)22-11-14(9-16(22)23)18-20-17(21-24-18)13-6-4-8-19-10-13/h2-8,10,14H,9,11H2,1H3. The van der Waals surface area contributed by atoms with Gasteiger partial charge in [0.05, 0.1) is 5.92 Å². The molecule has 2 aromatic heterocycles. The summed E-state index contributed by atoms with van der Waals surface area (Å²) >= 11 is 0. The number of aryl methyl sites for hydroxylation is 1. The number of pyridine rings is 1. The molecule has 3 heterocycles. The van der Waals surface area contributed by atoms with Crippen molar-refractivity contribution in [2.45, 2.75) is 19.3 Å². The topological polar surface area (TPSA) is 72.1 Å². The molecule has 0 spiro atoms. The highest BCUT2D eigenvalue weighted by atomic mass is 16.5. The molecule has 6 nitrogen and oxygen atoms in total. The molecule has 1 saturated heterocycles. The van der Waals surface area contributed by atoms with Crippen molar-refractivity contribution in [1.29, 1.82) is 0 Å².